The van der Waals surface area contributed by atoms with Crippen LogP contribution in [-0.2, 0) is 26.9 Å². The second-order valence-electron chi connectivity index (χ2n) is 8.77. The minimum Gasteiger partial charge on any atom is -0.375 e. The van der Waals surface area contributed by atoms with Gasteiger partial charge in [-0.2, -0.15) is 0 Å². The first kappa shape index (κ1) is 30.8. The molecule has 2 fully saturated rings. The van der Waals surface area contributed by atoms with Gasteiger partial charge in [-0.3, -0.25) is 4.79 Å². The molecule has 2 aliphatic rings. The zero-order chi connectivity index (χ0) is 21.6. The Morgan fingerprint density at radius 1 is 1.10 bits per heavy atom. The Kier molecular flexibility index (Phi) is 14.7. The Bertz CT molecular complexity index is 670. The monoisotopic (exact) mass is 535 g/mol. The minimum absolute atomic E-state index is 0. The Labute approximate surface area is 209 Å². The second-order valence-corrected chi connectivity index (χ2v) is 9.68. The van der Waals surface area contributed by atoms with Crippen molar-refractivity contribution < 1.29 is 31.3 Å². The van der Waals surface area contributed by atoms with Crippen LogP contribution in [0.1, 0.15) is 106 Å². The predicted octanol–water partition coefficient (Wildman–Crippen LogP) is 8.25. The number of halogens is 2. The summed E-state index contributed by atoms with van der Waals surface area (Å²) in [5.41, 5.74) is 2.71. The fourth-order valence-electron chi connectivity index (χ4n) is 4.05. The summed E-state index contributed by atoms with van der Waals surface area (Å²) in [6, 6.07) is 3.32. The van der Waals surface area contributed by atoms with Crippen molar-refractivity contribution in [3.63, 3.8) is 0 Å². The Morgan fingerprint density at radius 3 is 2.03 bits per heavy atom. The molecular weight excluding hydrogens is 495 g/mol. The molecular formula is C26H41BrCrFO2-. The smallest absolute Gasteiger partial charge is 0.153 e. The zero-order valence-corrected chi connectivity index (χ0v) is 23.0. The number of ether oxygens (including phenoxy) is 1. The van der Waals surface area contributed by atoms with Crippen LogP contribution in [-0.4, -0.2) is 18.0 Å². The van der Waals surface area contributed by atoms with E-state index in [1.807, 2.05) is 26.8 Å². The van der Waals surface area contributed by atoms with Gasteiger partial charge in [-0.25, -0.2) is 4.39 Å². The molecule has 2 atom stereocenters. The van der Waals surface area contributed by atoms with Gasteiger partial charge in [0.25, 0.3) is 0 Å². The summed E-state index contributed by atoms with van der Waals surface area (Å²) in [5, 5.41) is 0. The van der Waals surface area contributed by atoms with Crippen LogP contribution in [0.5, 0.6) is 0 Å². The van der Waals surface area contributed by atoms with Crippen LogP contribution in [0.3, 0.4) is 0 Å². The predicted molar refractivity (Wildman–Crippen MR) is 129 cm³/mol. The number of carbonyl (C=O) groups excluding carboxylic acids is 1. The molecule has 0 saturated heterocycles. The number of rotatable bonds is 7. The molecule has 2 nitrogen and oxygen atoms in total. The number of ketones is 1. The maximum Gasteiger partial charge on any atom is 0.153 e. The van der Waals surface area contributed by atoms with Crippen molar-refractivity contribution in [2.45, 2.75) is 109 Å². The van der Waals surface area contributed by atoms with Crippen molar-refractivity contribution in [2.24, 2.45) is 5.92 Å². The van der Waals surface area contributed by atoms with Crippen molar-refractivity contribution in [1.82, 2.24) is 0 Å². The van der Waals surface area contributed by atoms with Crippen molar-refractivity contribution >= 4 is 21.7 Å². The summed E-state index contributed by atoms with van der Waals surface area (Å²) in [7, 11) is 0. The minimum atomic E-state index is -0.354. The van der Waals surface area contributed by atoms with Gasteiger partial charge in [0.15, 0.2) is 5.78 Å². The number of alkyl halides is 1. The molecule has 0 bridgehead atoms. The molecule has 0 radical (unpaired) electrons. The average molecular weight is 537 g/mol. The van der Waals surface area contributed by atoms with E-state index in [9.17, 15) is 9.18 Å². The van der Waals surface area contributed by atoms with Crippen LogP contribution in [0.2, 0.25) is 0 Å². The second kappa shape index (κ2) is 14.8. The van der Waals surface area contributed by atoms with E-state index in [1.54, 1.807) is 0 Å². The van der Waals surface area contributed by atoms with Crippen molar-refractivity contribution in [3.8, 4) is 0 Å². The van der Waals surface area contributed by atoms with Gasteiger partial charge in [0.05, 0.1) is 17.0 Å². The summed E-state index contributed by atoms with van der Waals surface area (Å²) in [6.45, 7) is 10.1. The summed E-state index contributed by atoms with van der Waals surface area (Å²) < 4.78 is 20.4. The van der Waals surface area contributed by atoms with Crippen LogP contribution in [0.15, 0.2) is 12.1 Å². The van der Waals surface area contributed by atoms with Crippen LogP contribution >= 0.6 is 15.9 Å². The number of hydrogen-bond donors (Lipinski definition) is 0. The summed E-state index contributed by atoms with van der Waals surface area (Å²) >= 11 is 3.63. The van der Waals surface area contributed by atoms with E-state index in [4.69, 9.17) is 4.74 Å². The maximum absolute atomic E-state index is 14.3. The summed E-state index contributed by atoms with van der Waals surface area (Å²) in [6.07, 6.45) is 9.40. The van der Waals surface area contributed by atoms with Gasteiger partial charge in [-0.05, 0) is 80.5 Å². The molecule has 1 aromatic rings. The van der Waals surface area contributed by atoms with E-state index < -0.39 is 0 Å². The van der Waals surface area contributed by atoms with Gasteiger partial charge in [-0.1, -0.05) is 56.1 Å². The third kappa shape index (κ3) is 8.58. The molecule has 2 unspecified atom stereocenters. The van der Waals surface area contributed by atoms with E-state index in [-0.39, 0.29) is 47.1 Å². The van der Waals surface area contributed by atoms with Crippen LogP contribution in [0.4, 0.5) is 4.39 Å². The molecule has 0 amide bonds. The third-order valence-electron chi connectivity index (χ3n) is 6.10. The Morgan fingerprint density at radius 2 is 1.58 bits per heavy atom. The van der Waals surface area contributed by atoms with Crippen LogP contribution in [0, 0.1) is 26.1 Å². The van der Waals surface area contributed by atoms with E-state index >= 15 is 0 Å². The molecule has 178 valence electrons. The van der Waals surface area contributed by atoms with E-state index in [0.717, 1.165) is 43.2 Å². The first-order valence-corrected chi connectivity index (χ1v) is 12.4. The molecule has 0 heterocycles. The number of benzene rings is 1. The quantitative estimate of drug-likeness (QED) is 0.259. The molecule has 5 heteroatoms. The van der Waals surface area contributed by atoms with E-state index in [2.05, 4.69) is 29.8 Å². The van der Waals surface area contributed by atoms with Crippen molar-refractivity contribution in [3.05, 3.63) is 42.1 Å². The SMILES string of the molecule is CCC.CCC(C)C(=O)C(Br)c1ccc(F)c(C)c1C1CCC(OC2CC2)CC1.[CH3-].[Cr]. The van der Waals surface area contributed by atoms with Crippen LogP contribution < -0.4 is 0 Å². The number of Topliss-reactive ketones (excluding diaryl/α,β-unsaturated/α-hetero) is 1. The molecule has 31 heavy (non-hydrogen) atoms. The number of carbonyl (C=O) groups is 1. The summed E-state index contributed by atoms with van der Waals surface area (Å²) in [4.78, 5) is 12.4. The molecule has 1 aromatic carbocycles. The van der Waals surface area contributed by atoms with Gasteiger partial charge in [0.2, 0.25) is 0 Å². The molecule has 0 aliphatic heterocycles. The first-order chi connectivity index (χ1) is 13.8. The van der Waals surface area contributed by atoms with Gasteiger partial charge in [0.1, 0.15) is 5.82 Å². The average Bonchev–Trinajstić information content (AvgIpc) is 3.53. The van der Waals surface area contributed by atoms with Gasteiger partial charge in [0, 0.05) is 23.3 Å². The fourth-order valence-corrected chi connectivity index (χ4v) is 4.90. The fraction of sp³-hybridized carbons (Fsp3) is 0.692. The molecule has 0 N–H and O–H groups in total. The molecule has 2 saturated carbocycles. The van der Waals surface area contributed by atoms with Crippen molar-refractivity contribution in [1.29, 1.82) is 0 Å². The normalized spacial score (nSPS) is 22.2. The topological polar surface area (TPSA) is 26.3 Å². The first-order valence-electron chi connectivity index (χ1n) is 11.5. The van der Waals surface area contributed by atoms with Crippen molar-refractivity contribution in [2.75, 3.05) is 0 Å². The van der Waals surface area contributed by atoms with Gasteiger partial charge in [-0.15, -0.1) is 0 Å². The molecule has 0 aromatic heterocycles. The maximum atomic E-state index is 14.3. The molecule has 0 spiro atoms. The van der Waals surface area contributed by atoms with Gasteiger partial charge >= 0.3 is 0 Å². The van der Waals surface area contributed by atoms with Gasteiger partial charge < -0.3 is 12.2 Å². The standard InChI is InChI=1S/C22H30BrFO2.C3H8.CH3.Cr/c1-4-13(2)22(25)21(23)18-11-12-19(24)14(3)20(18)15-5-7-16(8-6-15)26-17-9-10-17;1-3-2;;/h11-13,15-17,21H,4-10H2,1-3H3;3H2,1-2H3;1H3;/q;;-1;. The third-order valence-corrected chi connectivity index (χ3v) is 7.04. The number of hydrogen-bond acceptors (Lipinski definition) is 2. The van der Waals surface area contributed by atoms with Crippen LogP contribution in [0.25, 0.3) is 0 Å². The summed E-state index contributed by atoms with van der Waals surface area (Å²) in [5.74, 6) is 0.325. The zero-order valence-electron chi connectivity index (χ0n) is 20.2. The Hall–Kier alpha value is -0.208. The Balaban J connectivity index is 0.00000170. The largest absolute Gasteiger partial charge is 0.375 e. The molecule has 2 aliphatic carbocycles. The van der Waals surface area contributed by atoms with E-state index in [1.165, 1.54) is 25.3 Å². The van der Waals surface area contributed by atoms with E-state index in [0.29, 0.717) is 23.7 Å². The molecule has 3 rings (SSSR count).